The Labute approximate surface area is 160 Å². The van der Waals surface area contributed by atoms with E-state index >= 15 is 0 Å². The summed E-state index contributed by atoms with van der Waals surface area (Å²) in [4.78, 5) is 27.7. The molecule has 0 aliphatic carbocycles. The largest absolute Gasteiger partial charge is 0.494 e. The van der Waals surface area contributed by atoms with E-state index in [1.807, 2.05) is 6.92 Å². The Morgan fingerprint density at radius 1 is 1.11 bits per heavy atom. The molecule has 1 N–H and O–H groups in total. The average Bonchev–Trinajstić information content (AvgIpc) is 3.24. The fraction of sp³-hybridized carbons (Fsp3) is 0.278. The monoisotopic (exact) mass is 384 g/mol. The van der Waals surface area contributed by atoms with Gasteiger partial charge in [-0.25, -0.2) is 14.3 Å². The normalized spacial score (nSPS) is 10.5. The third-order valence-electron chi connectivity index (χ3n) is 3.66. The maximum Gasteiger partial charge on any atom is 0.266 e. The zero-order valence-electron chi connectivity index (χ0n) is 15.3. The molecule has 1 aromatic carbocycles. The minimum absolute atomic E-state index is 0.130. The number of aromatic nitrogens is 5. The van der Waals surface area contributed by atoms with Crippen molar-refractivity contribution in [3.63, 3.8) is 0 Å². The molecule has 0 bridgehead atoms. The Balaban J connectivity index is 1.46. The van der Waals surface area contributed by atoms with E-state index in [1.54, 1.807) is 30.3 Å². The van der Waals surface area contributed by atoms with Gasteiger partial charge < -0.3 is 14.8 Å². The van der Waals surface area contributed by atoms with Crippen molar-refractivity contribution in [2.75, 3.05) is 19.8 Å². The minimum atomic E-state index is -0.297. The van der Waals surface area contributed by atoms with E-state index in [1.165, 1.54) is 28.1 Å². The van der Waals surface area contributed by atoms with E-state index in [9.17, 15) is 9.59 Å². The number of hydrogen-bond acceptors (Lipinski definition) is 7. The molecule has 0 unspecified atom stereocenters. The fourth-order valence-corrected chi connectivity index (χ4v) is 2.35. The fourth-order valence-electron chi connectivity index (χ4n) is 2.35. The molecule has 0 aliphatic heterocycles. The predicted molar refractivity (Wildman–Crippen MR) is 99.5 cm³/mol. The molecule has 1 amide bonds. The van der Waals surface area contributed by atoms with Crippen molar-refractivity contribution in [2.45, 2.75) is 13.5 Å². The molecule has 10 nitrogen and oxygen atoms in total. The van der Waals surface area contributed by atoms with E-state index < -0.39 is 0 Å². The van der Waals surface area contributed by atoms with Crippen molar-refractivity contribution in [3.05, 3.63) is 59.4 Å². The van der Waals surface area contributed by atoms with Crippen LogP contribution in [0.5, 0.6) is 11.5 Å². The number of carbonyl (C=O) groups excluding carboxylic acids is 1. The second-order valence-corrected chi connectivity index (χ2v) is 5.64. The van der Waals surface area contributed by atoms with Crippen LogP contribution in [0.1, 0.15) is 6.92 Å². The topological polar surface area (TPSA) is 113 Å². The van der Waals surface area contributed by atoms with E-state index in [0.717, 1.165) is 5.75 Å². The molecule has 146 valence electrons. The van der Waals surface area contributed by atoms with Crippen molar-refractivity contribution < 1.29 is 14.3 Å². The highest BCUT2D eigenvalue weighted by Crippen LogP contribution is 2.17. The van der Waals surface area contributed by atoms with Gasteiger partial charge in [-0.3, -0.25) is 9.59 Å². The first-order valence-electron chi connectivity index (χ1n) is 8.71. The molecule has 0 spiro atoms. The van der Waals surface area contributed by atoms with Crippen molar-refractivity contribution >= 4 is 5.91 Å². The van der Waals surface area contributed by atoms with Crippen LogP contribution in [0.3, 0.4) is 0 Å². The molecule has 3 aromatic rings. The summed E-state index contributed by atoms with van der Waals surface area (Å²) in [7, 11) is 0. The van der Waals surface area contributed by atoms with Gasteiger partial charge in [-0.2, -0.15) is 5.10 Å². The zero-order chi connectivity index (χ0) is 19.8. The molecule has 0 saturated heterocycles. The van der Waals surface area contributed by atoms with Crippen molar-refractivity contribution in [3.8, 4) is 17.3 Å². The predicted octanol–water partition coefficient (Wildman–Crippen LogP) is 0.418. The van der Waals surface area contributed by atoms with E-state index in [2.05, 4.69) is 20.5 Å². The summed E-state index contributed by atoms with van der Waals surface area (Å²) in [5, 5.41) is 10.9. The third kappa shape index (κ3) is 5.16. The van der Waals surface area contributed by atoms with Gasteiger partial charge in [-0.15, -0.1) is 5.10 Å². The first kappa shape index (κ1) is 19.1. The molecular formula is C18H20N6O4. The molecule has 0 aliphatic rings. The van der Waals surface area contributed by atoms with E-state index in [0.29, 0.717) is 18.2 Å². The number of hydrogen-bond donors (Lipinski definition) is 1. The molecular weight excluding hydrogens is 364 g/mol. The summed E-state index contributed by atoms with van der Waals surface area (Å²) >= 11 is 0. The number of carbonyl (C=O) groups is 1. The Morgan fingerprint density at radius 2 is 1.86 bits per heavy atom. The number of nitrogens with one attached hydrogen (secondary N) is 1. The number of rotatable bonds is 9. The smallest absolute Gasteiger partial charge is 0.266 e. The van der Waals surface area contributed by atoms with Crippen LogP contribution in [-0.2, 0) is 11.3 Å². The van der Waals surface area contributed by atoms with Crippen LogP contribution in [0.2, 0.25) is 0 Å². The number of ether oxygens (including phenoxy) is 2. The lowest BCUT2D eigenvalue weighted by molar-refractivity contribution is -0.123. The highest BCUT2D eigenvalue weighted by Gasteiger charge is 2.06. The minimum Gasteiger partial charge on any atom is -0.494 e. The van der Waals surface area contributed by atoms with Crippen LogP contribution in [-0.4, -0.2) is 50.2 Å². The molecule has 2 heterocycles. The maximum absolute atomic E-state index is 11.9. The standard InChI is InChI=1S/C18H20N6O4/c1-2-27-14-3-5-15(6-4-14)28-11-17(25)20-9-10-23-18(26)8-7-16(22-23)24-13-19-12-21-24/h3-8,12-13H,2,9-11H2,1H3,(H,20,25). The lowest BCUT2D eigenvalue weighted by Gasteiger charge is -2.09. The summed E-state index contributed by atoms with van der Waals surface area (Å²) in [6.07, 6.45) is 2.86. The molecule has 0 radical (unpaired) electrons. The van der Waals surface area contributed by atoms with Crippen LogP contribution < -0.4 is 20.3 Å². The number of benzene rings is 1. The Hall–Kier alpha value is -3.69. The van der Waals surface area contributed by atoms with Crippen LogP contribution in [0.15, 0.2) is 53.8 Å². The Kier molecular flexibility index (Phi) is 6.34. The van der Waals surface area contributed by atoms with Crippen molar-refractivity contribution in [2.24, 2.45) is 0 Å². The summed E-state index contributed by atoms with van der Waals surface area (Å²) in [6.45, 7) is 2.82. The molecule has 3 rings (SSSR count). The third-order valence-corrected chi connectivity index (χ3v) is 3.66. The highest BCUT2D eigenvalue weighted by atomic mass is 16.5. The molecule has 10 heteroatoms. The first-order valence-corrected chi connectivity index (χ1v) is 8.71. The van der Waals surface area contributed by atoms with Gasteiger partial charge >= 0.3 is 0 Å². The van der Waals surface area contributed by atoms with E-state index in [-0.39, 0.29) is 31.2 Å². The van der Waals surface area contributed by atoms with E-state index in [4.69, 9.17) is 9.47 Å². The lowest BCUT2D eigenvalue weighted by Crippen LogP contribution is -2.34. The van der Waals surface area contributed by atoms with Gasteiger partial charge in [-0.1, -0.05) is 0 Å². The summed E-state index contributed by atoms with van der Waals surface area (Å²) in [6, 6.07) is 9.96. The summed E-state index contributed by atoms with van der Waals surface area (Å²) < 4.78 is 13.5. The Bertz CT molecular complexity index is 953. The second kappa shape index (κ2) is 9.31. The summed E-state index contributed by atoms with van der Waals surface area (Å²) in [5.74, 6) is 1.47. The molecule has 28 heavy (non-hydrogen) atoms. The van der Waals surface area contributed by atoms with Crippen LogP contribution >= 0.6 is 0 Å². The van der Waals surface area contributed by atoms with Crippen LogP contribution in [0.4, 0.5) is 0 Å². The highest BCUT2D eigenvalue weighted by molar-refractivity contribution is 5.77. The lowest BCUT2D eigenvalue weighted by atomic mass is 10.3. The quantitative estimate of drug-likeness (QED) is 0.569. The van der Waals surface area contributed by atoms with Gasteiger partial charge in [0, 0.05) is 12.6 Å². The molecule has 0 fully saturated rings. The molecule has 0 saturated carbocycles. The maximum atomic E-state index is 11.9. The van der Waals surface area contributed by atoms with Gasteiger partial charge in [-0.05, 0) is 37.3 Å². The molecule has 0 atom stereocenters. The van der Waals surface area contributed by atoms with Gasteiger partial charge in [0.15, 0.2) is 12.4 Å². The van der Waals surface area contributed by atoms with Crippen molar-refractivity contribution in [1.29, 1.82) is 0 Å². The summed E-state index contributed by atoms with van der Waals surface area (Å²) in [5.41, 5.74) is -0.274. The SMILES string of the molecule is CCOc1ccc(OCC(=O)NCCn2nc(-n3cncn3)ccc2=O)cc1. The van der Waals surface area contributed by atoms with Gasteiger partial charge in [0.1, 0.15) is 24.2 Å². The second-order valence-electron chi connectivity index (χ2n) is 5.64. The van der Waals surface area contributed by atoms with Gasteiger partial charge in [0.2, 0.25) is 0 Å². The zero-order valence-corrected chi connectivity index (χ0v) is 15.3. The van der Waals surface area contributed by atoms with Crippen molar-refractivity contribution in [1.82, 2.24) is 29.9 Å². The Morgan fingerprint density at radius 3 is 2.54 bits per heavy atom. The van der Waals surface area contributed by atoms with Gasteiger partial charge in [0.25, 0.3) is 11.5 Å². The number of amides is 1. The van der Waals surface area contributed by atoms with Crippen LogP contribution in [0, 0.1) is 0 Å². The van der Waals surface area contributed by atoms with Crippen LogP contribution in [0.25, 0.3) is 5.82 Å². The van der Waals surface area contributed by atoms with Gasteiger partial charge in [0.05, 0.1) is 13.2 Å². The first-order chi connectivity index (χ1) is 13.7. The molecule has 2 aromatic heterocycles. The number of nitrogens with zero attached hydrogens (tertiary/aromatic N) is 5. The average molecular weight is 384 g/mol.